The van der Waals surface area contributed by atoms with Crippen molar-refractivity contribution in [2.75, 3.05) is 6.54 Å². The van der Waals surface area contributed by atoms with Gasteiger partial charge in [-0.2, -0.15) is 0 Å². The van der Waals surface area contributed by atoms with Crippen molar-refractivity contribution >= 4 is 21.4 Å². The summed E-state index contributed by atoms with van der Waals surface area (Å²) in [5.41, 5.74) is 4.33. The van der Waals surface area contributed by atoms with Crippen molar-refractivity contribution in [3.05, 3.63) is 64.9 Å². The maximum Gasteiger partial charge on any atom is 0.190 e. The minimum absolute atomic E-state index is 0.0856. The predicted octanol–water partition coefficient (Wildman–Crippen LogP) is 2.24. The molecule has 0 heterocycles. The third-order valence-electron chi connectivity index (χ3n) is 3.02. The van der Waals surface area contributed by atoms with Crippen molar-refractivity contribution in [2.24, 2.45) is 0 Å². The fourth-order valence-electron chi connectivity index (χ4n) is 1.97. The molecule has 0 unspecified atom stereocenters. The number of quaternary nitrogens is 1. The third-order valence-corrected chi connectivity index (χ3v) is 5.46. The maximum absolute atomic E-state index is 12.9. The van der Waals surface area contributed by atoms with Gasteiger partial charge in [0, 0.05) is 5.02 Å². The van der Waals surface area contributed by atoms with Crippen LogP contribution in [0.1, 0.15) is 10.8 Å². The second-order valence-electron chi connectivity index (χ2n) is 4.33. The van der Waals surface area contributed by atoms with Crippen LogP contribution in [0.25, 0.3) is 0 Å². The average Bonchev–Trinajstić information content (AvgIpc) is 2.42. The fraction of sp³-hybridized carbons (Fsp3) is 0.143. The summed E-state index contributed by atoms with van der Waals surface area (Å²) >= 11 is 5.80. The zero-order valence-corrected chi connectivity index (χ0v) is 12.2. The van der Waals surface area contributed by atoms with E-state index in [0.717, 1.165) is 12.1 Å². The summed E-state index contributed by atoms with van der Waals surface area (Å²) in [5, 5.41) is -0.235. The van der Waals surface area contributed by atoms with Gasteiger partial charge in [0.05, 0.1) is 11.4 Å². The number of sulfone groups is 1. The Bertz CT molecular complexity index is 684. The lowest BCUT2D eigenvalue weighted by molar-refractivity contribution is -0.367. The number of benzene rings is 2. The molecule has 0 aliphatic rings. The molecular weight excluding hydrogens is 301 g/mol. The SMILES string of the molecule is [NH3+]C[C@H](c1ccc(Cl)cc1)S(=O)(=O)c1ccc(F)cc1. The van der Waals surface area contributed by atoms with Crippen LogP contribution in [-0.2, 0) is 9.84 Å². The number of rotatable bonds is 4. The maximum atomic E-state index is 12.9. The lowest BCUT2D eigenvalue weighted by Gasteiger charge is -2.14. The zero-order valence-electron chi connectivity index (χ0n) is 10.6. The Morgan fingerprint density at radius 3 is 2.10 bits per heavy atom. The summed E-state index contributed by atoms with van der Waals surface area (Å²) in [6, 6.07) is 11.4. The quantitative estimate of drug-likeness (QED) is 0.880. The van der Waals surface area contributed by atoms with Crippen molar-refractivity contribution in [2.45, 2.75) is 10.1 Å². The fourth-order valence-corrected chi connectivity index (χ4v) is 3.76. The number of hydrogen-bond donors (Lipinski definition) is 1. The van der Waals surface area contributed by atoms with E-state index in [1.165, 1.54) is 12.1 Å². The number of hydrogen-bond acceptors (Lipinski definition) is 2. The highest BCUT2D eigenvalue weighted by Gasteiger charge is 2.29. The Kier molecular flexibility index (Phi) is 4.42. The molecule has 0 bridgehead atoms. The predicted molar refractivity (Wildman–Crippen MR) is 75.5 cm³/mol. The van der Waals surface area contributed by atoms with Crippen LogP contribution in [0.4, 0.5) is 4.39 Å². The van der Waals surface area contributed by atoms with E-state index < -0.39 is 20.9 Å². The third kappa shape index (κ3) is 3.00. The molecular formula is C14H14ClFNO2S+. The topological polar surface area (TPSA) is 61.8 Å². The largest absolute Gasteiger partial charge is 0.356 e. The van der Waals surface area contributed by atoms with Gasteiger partial charge in [0.15, 0.2) is 9.84 Å². The Morgan fingerprint density at radius 1 is 1.05 bits per heavy atom. The minimum Gasteiger partial charge on any atom is -0.356 e. The van der Waals surface area contributed by atoms with E-state index in [9.17, 15) is 12.8 Å². The van der Waals surface area contributed by atoms with Gasteiger partial charge in [-0.3, -0.25) is 0 Å². The summed E-state index contributed by atoms with van der Waals surface area (Å²) in [6.07, 6.45) is 0. The Morgan fingerprint density at radius 2 is 1.60 bits per heavy atom. The molecule has 0 aromatic heterocycles. The molecule has 106 valence electrons. The van der Waals surface area contributed by atoms with Crippen molar-refractivity contribution in [1.29, 1.82) is 0 Å². The van der Waals surface area contributed by atoms with E-state index in [4.69, 9.17) is 11.6 Å². The molecule has 0 aliphatic carbocycles. The molecule has 0 amide bonds. The molecule has 2 rings (SSSR count). The minimum atomic E-state index is -3.61. The molecule has 3 N–H and O–H groups in total. The van der Waals surface area contributed by atoms with Crippen molar-refractivity contribution in [3.63, 3.8) is 0 Å². The van der Waals surface area contributed by atoms with Crippen LogP contribution < -0.4 is 5.73 Å². The molecule has 0 spiro atoms. The molecule has 20 heavy (non-hydrogen) atoms. The van der Waals surface area contributed by atoms with Gasteiger partial charge in [0.1, 0.15) is 11.1 Å². The van der Waals surface area contributed by atoms with Crippen LogP contribution in [0.2, 0.25) is 5.02 Å². The molecule has 0 saturated carbocycles. The molecule has 0 radical (unpaired) electrons. The first-order chi connectivity index (χ1) is 9.45. The van der Waals surface area contributed by atoms with Crippen molar-refractivity contribution in [1.82, 2.24) is 0 Å². The van der Waals surface area contributed by atoms with Gasteiger partial charge in [0.2, 0.25) is 0 Å². The van der Waals surface area contributed by atoms with Crippen LogP contribution in [0.15, 0.2) is 53.4 Å². The average molecular weight is 315 g/mol. The molecule has 3 nitrogen and oxygen atoms in total. The van der Waals surface area contributed by atoms with Gasteiger partial charge in [-0.1, -0.05) is 23.7 Å². The second-order valence-corrected chi connectivity index (χ2v) is 6.89. The lowest BCUT2D eigenvalue weighted by Crippen LogP contribution is -2.54. The van der Waals surface area contributed by atoms with Crippen molar-refractivity contribution < 1.29 is 18.5 Å². The van der Waals surface area contributed by atoms with Gasteiger partial charge in [-0.25, -0.2) is 12.8 Å². The molecule has 2 aromatic carbocycles. The summed E-state index contributed by atoms with van der Waals surface area (Å²) in [4.78, 5) is 0.0856. The van der Waals surface area contributed by atoms with Crippen LogP contribution in [0.3, 0.4) is 0 Å². The Balaban J connectivity index is 2.44. The zero-order chi connectivity index (χ0) is 14.8. The summed E-state index contributed by atoms with van der Waals surface area (Å²) in [7, 11) is -3.61. The first-order valence-electron chi connectivity index (χ1n) is 5.99. The first kappa shape index (κ1) is 15.0. The highest BCUT2D eigenvalue weighted by Crippen LogP contribution is 2.28. The lowest BCUT2D eigenvalue weighted by atomic mass is 10.1. The van der Waals surface area contributed by atoms with Gasteiger partial charge >= 0.3 is 0 Å². The van der Waals surface area contributed by atoms with Gasteiger partial charge < -0.3 is 5.73 Å². The van der Waals surface area contributed by atoms with Crippen LogP contribution in [-0.4, -0.2) is 15.0 Å². The monoisotopic (exact) mass is 314 g/mol. The van der Waals surface area contributed by atoms with Gasteiger partial charge in [-0.05, 0) is 42.0 Å². The van der Waals surface area contributed by atoms with E-state index in [1.807, 2.05) is 0 Å². The van der Waals surface area contributed by atoms with Crippen LogP contribution in [0, 0.1) is 5.82 Å². The smallest absolute Gasteiger partial charge is 0.190 e. The number of halogens is 2. The first-order valence-corrected chi connectivity index (χ1v) is 7.92. The highest BCUT2D eigenvalue weighted by molar-refractivity contribution is 7.91. The molecule has 2 aromatic rings. The standard InChI is InChI=1S/C14H13ClFNO2S/c15-11-3-1-10(2-4-11)14(9-17)20(18,19)13-7-5-12(16)6-8-13/h1-8,14H,9,17H2/p+1/t14-/m1/s1. The van der Waals surface area contributed by atoms with E-state index in [0.29, 0.717) is 10.6 Å². The summed E-state index contributed by atoms with van der Waals surface area (Å²) in [6.45, 7) is 0.182. The summed E-state index contributed by atoms with van der Waals surface area (Å²) in [5.74, 6) is -0.471. The highest BCUT2D eigenvalue weighted by atomic mass is 35.5. The Hall–Kier alpha value is -1.43. The molecule has 6 heteroatoms. The van der Waals surface area contributed by atoms with Gasteiger partial charge in [-0.15, -0.1) is 0 Å². The molecule has 0 aliphatic heterocycles. The molecule has 1 atom stereocenters. The molecule has 0 saturated heterocycles. The van der Waals surface area contributed by atoms with Gasteiger partial charge in [0.25, 0.3) is 0 Å². The van der Waals surface area contributed by atoms with E-state index >= 15 is 0 Å². The second kappa shape index (κ2) is 5.91. The Labute approximate surface area is 122 Å². The summed E-state index contributed by atoms with van der Waals surface area (Å²) < 4.78 is 38.0. The normalized spacial score (nSPS) is 13.2. The molecule has 0 fully saturated rings. The van der Waals surface area contributed by atoms with E-state index in [1.54, 1.807) is 24.3 Å². The van der Waals surface area contributed by atoms with E-state index in [-0.39, 0.29) is 11.4 Å². The van der Waals surface area contributed by atoms with Crippen LogP contribution in [0.5, 0.6) is 0 Å². The van der Waals surface area contributed by atoms with Crippen molar-refractivity contribution in [3.8, 4) is 0 Å². The van der Waals surface area contributed by atoms with Crippen LogP contribution >= 0.6 is 11.6 Å². The van der Waals surface area contributed by atoms with E-state index in [2.05, 4.69) is 5.73 Å².